The van der Waals surface area contributed by atoms with Crippen LogP contribution in [0.3, 0.4) is 0 Å². The van der Waals surface area contributed by atoms with Crippen LogP contribution in [-0.4, -0.2) is 30.8 Å². The van der Waals surface area contributed by atoms with Crippen LogP contribution in [0.2, 0.25) is 0 Å². The minimum Gasteiger partial charge on any atom is -0.375 e. The molecule has 1 saturated heterocycles. The summed E-state index contributed by atoms with van der Waals surface area (Å²) in [5, 5.41) is 12.0. The van der Waals surface area contributed by atoms with E-state index < -0.39 is 0 Å². The lowest BCUT2D eigenvalue weighted by Crippen LogP contribution is -2.39. The summed E-state index contributed by atoms with van der Waals surface area (Å²) >= 11 is 0. The van der Waals surface area contributed by atoms with Gasteiger partial charge in [0.1, 0.15) is 11.8 Å². The molecule has 0 amide bonds. The maximum absolute atomic E-state index is 8.73. The number of nitrogens with zero attached hydrogens (tertiary/aromatic N) is 2. The maximum Gasteiger partial charge on any atom is 0.140 e. The zero-order valence-electron chi connectivity index (χ0n) is 9.36. The molecule has 1 unspecified atom stereocenters. The molecule has 1 aliphatic heterocycles. The van der Waals surface area contributed by atoms with Gasteiger partial charge < -0.3 is 10.1 Å². The Morgan fingerprint density at radius 3 is 3.19 bits per heavy atom. The molecule has 1 N–H and O–H groups in total. The Bertz CT molecular complexity index is 405. The number of rotatable bonds is 2. The molecular weight excluding hydrogens is 202 g/mol. The van der Waals surface area contributed by atoms with Crippen molar-refractivity contribution in [3.63, 3.8) is 0 Å². The molecule has 0 saturated carbocycles. The van der Waals surface area contributed by atoms with Crippen LogP contribution in [0.1, 0.15) is 16.8 Å². The Balaban J connectivity index is 2.06. The SMILES string of the molecule is Cc1cc(C#N)ncc1CC1CNCCO1. The van der Waals surface area contributed by atoms with E-state index in [1.54, 1.807) is 6.20 Å². The summed E-state index contributed by atoms with van der Waals surface area (Å²) < 4.78 is 5.64. The molecule has 16 heavy (non-hydrogen) atoms. The molecule has 0 aromatic carbocycles. The number of morpholine rings is 1. The molecule has 2 heterocycles. The second-order valence-corrected chi connectivity index (χ2v) is 4.01. The number of pyridine rings is 1. The molecule has 2 rings (SSSR count). The van der Waals surface area contributed by atoms with Crippen LogP contribution < -0.4 is 5.32 Å². The van der Waals surface area contributed by atoms with Gasteiger partial charge >= 0.3 is 0 Å². The van der Waals surface area contributed by atoms with Crippen LogP contribution in [0.4, 0.5) is 0 Å². The van der Waals surface area contributed by atoms with Crippen molar-refractivity contribution in [2.45, 2.75) is 19.4 Å². The van der Waals surface area contributed by atoms with Gasteiger partial charge in [-0.15, -0.1) is 0 Å². The first-order valence-corrected chi connectivity index (χ1v) is 5.47. The Hall–Kier alpha value is -1.44. The van der Waals surface area contributed by atoms with Crippen LogP contribution in [-0.2, 0) is 11.2 Å². The van der Waals surface area contributed by atoms with Crippen LogP contribution in [0, 0.1) is 18.3 Å². The number of aromatic nitrogens is 1. The first-order chi connectivity index (χ1) is 7.79. The molecule has 84 valence electrons. The third kappa shape index (κ3) is 2.57. The zero-order valence-corrected chi connectivity index (χ0v) is 9.36. The van der Waals surface area contributed by atoms with Crippen LogP contribution in [0.5, 0.6) is 0 Å². The highest BCUT2D eigenvalue weighted by molar-refractivity contribution is 5.31. The van der Waals surface area contributed by atoms with Crippen molar-refractivity contribution in [2.75, 3.05) is 19.7 Å². The van der Waals surface area contributed by atoms with E-state index in [1.807, 2.05) is 19.1 Å². The van der Waals surface area contributed by atoms with Crippen molar-refractivity contribution in [1.82, 2.24) is 10.3 Å². The third-order valence-electron chi connectivity index (χ3n) is 2.79. The number of nitrogens with one attached hydrogen (secondary N) is 1. The third-order valence-corrected chi connectivity index (χ3v) is 2.79. The topological polar surface area (TPSA) is 57.9 Å². The van der Waals surface area contributed by atoms with Crippen molar-refractivity contribution >= 4 is 0 Å². The number of nitriles is 1. The van der Waals surface area contributed by atoms with Crippen LogP contribution >= 0.6 is 0 Å². The fourth-order valence-corrected chi connectivity index (χ4v) is 1.86. The van der Waals surface area contributed by atoms with E-state index in [9.17, 15) is 0 Å². The molecular formula is C12H15N3O. The van der Waals surface area contributed by atoms with Gasteiger partial charge in [0.05, 0.1) is 12.7 Å². The average Bonchev–Trinajstić information content (AvgIpc) is 2.33. The second-order valence-electron chi connectivity index (χ2n) is 4.01. The summed E-state index contributed by atoms with van der Waals surface area (Å²) in [7, 11) is 0. The first kappa shape index (κ1) is 11.1. The van der Waals surface area contributed by atoms with Gasteiger partial charge in [0.25, 0.3) is 0 Å². The molecule has 1 atom stereocenters. The van der Waals surface area contributed by atoms with Crippen molar-refractivity contribution in [3.05, 3.63) is 29.1 Å². The number of hydrogen-bond acceptors (Lipinski definition) is 4. The minimum absolute atomic E-state index is 0.224. The summed E-state index contributed by atoms with van der Waals surface area (Å²) in [6.45, 7) is 4.60. The molecule has 0 spiro atoms. The Kier molecular flexibility index (Phi) is 3.50. The number of ether oxygens (including phenoxy) is 1. The van der Waals surface area contributed by atoms with E-state index in [1.165, 1.54) is 0 Å². The average molecular weight is 217 g/mol. The summed E-state index contributed by atoms with van der Waals surface area (Å²) in [6, 6.07) is 3.87. The number of aryl methyl sites for hydroxylation is 1. The lowest BCUT2D eigenvalue weighted by Gasteiger charge is -2.24. The lowest BCUT2D eigenvalue weighted by atomic mass is 10.0. The van der Waals surface area contributed by atoms with E-state index >= 15 is 0 Å². The highest BCUT2D eigenvalue weighted by Gasteiger charge is 2.15. The van der Waals surface area contributed by atoms with Gasteiger partial charge in [-0.25, -0.2) is 4.98 Å². The smallest absolute Gasteiger partial charge is 0.140 e. The molecule has 1 aromatic rings. The van der Waals surface area contributed by atoms with Gasteiger partial charge in [-0.3, -0.25) is 0 Å². The Morgan fingerprint density at radius 1 is 1.69 bits per heavy atom. The normalized spacial score (nSPS) is 20.4. The highest BCUT2D eigenvalue weighted by Crippen LogP contribution is 2.12. The number of hydrogen-bond donors (Lipinski definition) is 1. The van der Waals surface area contributed by atoms with Crippen molar-refractivity contribution < 1.29 is 4.74 Å². The molecule has 1 aromatic heterocycles. The standard InChI is InChI=1S/C12H15N3O/c1-9-4-11(6-13)15-7-10(9)5-12-8-14-2-3-16-12/h4,7,12,14H,2-3,5,8H2,1H3. The van der Waals surface area contributed by atoms with Gasteiger partial charge in [-0.05, 0) is 24.1 Å². The highest BCUT2D eigenvalue weighted by atomic mass is 16.5. The maximum atomic E-state index is 8.73. The second kappa shape index (κ2) is 5.06. The van der Waals surface area contributed by atoms with Gasteiger partial charge in [0, 0.05) is 25.7 Å². The first-order valence-electron chi connectivity index (χ1n) is 5.47. The van der Waals surface area contributed by atoms with E-state index in [2.05, 4.69) is 10.3 Å². The van der Waals surface area contributed by atoms with E-state index in [-0.39, 0.29) is 6.10 Å². The summed E-state index contributed by atoms with van der Waals surface area (Å²) in [5.41, 5.74) is 2.75. The van der Waals surface area contributed by atoms with Gasteiger partial charge in [0.15, 0.2) is 0 Å². The van der Waals surface area contributed by atoms with E-state index in [4.69, 9.17) is 10.00 Å². The molecule has 0 radical (unpaired) electrons. The predicted molar refractivity (Wildman–Crippen MR) is 60.0 cm³/mol. The quantitative estimate of drug-likeness (QED) is 0.795. The van der Waals surface area contributed by atoms with Crippen molar-refractivity contribution in [1.29, 1.82) is 5.26 Å². The fraction of sp³-hybridized carbons (Fsp3) is 0.500. The van der Waals surface area contributed by atoms with Crippen LogP contribution in [0.25, 0.3) is 0 Å². The lowest BCUT2D eigenvalue weighted by molar-refractivity contribution is 0.0291. The molecule has 1 aliphatic rings. The monoisotopic (exact) mass is 217 g/mol. The molecule has 4 heteroatoms. The van der Waals surface area contributed by atoms with Gasteiger partial charge in [-0.2, -0.15) is 5.26 Å². The molecule has 0 bridgehead atoms. The van der Waals surface area contributed by atoms with E-state index in [0.717, 1.165) is 37.2 Å². The minimum atomic E-state index is 0.224. The van der Waals surface area contributed by atoms with Crippen molar-refractivity contribution in [2.24, 2.45) is 0 Å². The van der Waals surface area contributed by atoms with Crippen molar-refractivity contribution in [3.8, 4) is 6.07 Å². The van der Waals surface area contributed by atoms with Gasteiger partial charge in [-0.1, -0.05) is 0 Å². The molecule has 1 fully saturated rings. The predicted octanol–water partition coefficient (Wildman–Crippen LogP) is 0.793. The van der Waals surface area contributed by atoms with Gasteiger partial charge in [0.2, 0.25) is 0 Å². The Morgan fingerprint density at radius 2 is 2.56 bits per heavy atom. The molecule has 4 nitrogen and oxygen atoms in total. The zero-order chi connectivity index (χ0) is 11.4. The summed E-state index contributed by atoms with van der Waals surface area (Å²) in [6.07, 6.45) is 2.87. The Labute approximate surface area is 95.3 Å². The van der Waals surface area contributed by atoms with Crippen LogP contribution in [0.15, 0.2) is 12.3 Å². The molecule has 0 aliphatic carbocycles. The van der Waals surface area contributed by atoms with E-state index in [0.29, 0.717) is 5.69 Å². The fourth-order valence-electron chi connectivity index (χ4n) is 1.86. The summed E-state index contributed by atoms with van der Waals surface area (Å²) in [5.74, 6) is 0. The summed E-state index contributed by atoms with van der Waals surface area (Å²) in [4.78, 5) is 4.09. The largest absolute Gasteiger partial charge is 0.375 e.